The fourth-order valence-corrected chi connectivity index (χ4v) is 8.09. The number of nitriles is 1. The van der Waals surface area contributed by atoms with E-state index < -0.39 is 14.0 Å². The number of carbonyl (C=O) groups excluding carboxylic acids is 1. The normalized spacial score (nSPS) is 11.3. The summed E-state index contributed by atoms with van der Waals surface area (Å²) in [5.74, 6) is 0.0228. The number of nitrogen functional groups attached to an aromatic ring is 1. The highest BCUT2D eigenvalue weighted by Crippen LogP contribution is 2.25. The number of rotatable bonds is 10. The van der Waals surface area contributed by atoms with Crippen molar-refractivity contribution in [1.82, 2.24) is 60.0 Å². The molecule has 0 spiro atoms. The van der Waals surface area contributed by atoms with Crippen LogP contribution in [0.15, 0.2) is 85.7 Å². The first-order chi connectivity index (χ1) is 30.7. The Bertz CT molecular complexity index is 3150. The van der Waals surface area contributed by atoms with E-state index in [1.54, 1.807) is 47.8 Å². The van der Waals surface area contributed by atoms with Crippen LogP contribution in [0.4, 0.5) is 5.82 Å². The highest BCUT2D eigenvalue weighted by atomic mass is 35.5. The van der Waals surface area contributed by atoms with Crippen LogP contribution in [0.25, 0.3) is 43.6 Å². The molecule has 0 atom stereocenters. The molecule has 0 saturated heterocycles. The summed E-state index contributed by atoms with van der Waals surface area (Å²) in [6.45, 7) is 12.7. The quantitative estimate of drug-likeness (QED) is 0.0665. The molecule has 0 aliphatic carbocycles. The molecule has 8 aromatic heterocycles. The molecule has 20 heteroatoms. The second-order valence-electron chi connectivity index (χ2n) is 15.9. The van der Waals surface area contributed by atoms with Crippen molar-refractivity contribution in [3.63, 3.8) is 0 Å². The van der Waals surface area contributed by atoms with Crippen LogP contribution in [0, 0.1) is 25.2 Å². The first-order valence-electron chi connectivity index (χ1n) is 20.0. The predicted molar refractivity (Wildman–Crippen MR) is 253 cm³/mol. The zero-order valence-electron chi connectivity index (χ0n) is 35.6. The summed E-state index contributed by atoms with van der Waals surface area (Å²) in [5, 5.41) is 32.6. The fraction of sp³-hybridized carbons (Fsp3) is 0.227. The highest BCUT2D eigenvalue weighted by molar-refractivity contribution is 6.76. The molecule has 0 aliphatic heterocycles. The van der Waals surface area contributed by atoms with E-state index in [4.69, 9.17) is 45.3 Å². The Kier molecular flexibility index (Phi) is 14.1. The summed E-state index contributed by atoms with van der Waals surface area (Å²) in [4.78, 5) is 34.0. The average Bonchev–Trinajstić information content (AvgIpc) is 4.01. The summed E-state index contributed by atoms with van der Waals surface area (Å²) >= 11 is 17.8. The number of aromatic amines is 1. The minimum atomic E-state index is -1.03. The molecular formula is C44H43Cl3N14O2Si. The number of anilines is 1. The number of nitrogens with one attached hydrogen (secondary N) is 2. The number of ether oxygens (including phenoxy) is 1. The first-order valence-corrected chi connectivity index (χ1v) is 24.8. The molecule has 1 aromatic carbocycles. The van der Waals surface area contributed by atoms with Gasteiger partial charge in [-0.15, -0.1) is 0 Å². The van der Waals surface area contributed by atoms with Gasteiger partial charge in [0.25, 0.3) is 5.91 Å². The number of amides is 1. The van der Waals surface area contributed by atoms with Crippen molar-refractivity contribution in [1.29, 1.82) is 5.26 Å². The van der Waals surface area contributed by atoms with Gasteiger partial charge >= 0.3 is 0 Å². The van der Waals surface area contributed by atoms with Gasteiger partial charge < -0.3 is 15.8 Å². The maximum Gasteiger partial charge on any atom is 0.272 e. The van der Waals surface area contributed by atoms with Crippen LogP contribution in [0.1, 0.15) is 38.6 Å². The van der Waals surface area contributed by atoms with Crippen molar-refractivity contribution < 1.29 is 9.53 Å². The van der Waals surface area contributed by atoms with Crippen LogP contribution >= 0.6 is 34.8 Å². The van der Waals surface area contributed by atoms with Crippen molar-refractivity contribution >= 4 is 98.2 Å². The molecule has 4 N–H and O–H groups in total. The maximum atomic E-state index is 13.3. The van der Waals surface area contributed by atoms with Crippen LogP contribution in [-0.2, 0) is 24.6 Å². The molecule has 16 nitrogen and oxygen atoms in total. The Morgan fingerprint density at radius 3 is 2.41 bits per heavy atom. The molecule has 326 valence electrons. The summed E-state index contributed by atoms with van der Waals surface area (Å²) < 4.78 is 9.19. The van der Waals surface area contributed by atoms with E-state index >= 15 is 0 Å². The van der Waals surface area contributed by atoms with Crippen LogP contribution in [0.5, 0.6) is 0 Å². The SMILES string of the molecule is C[Si](C)(C)CCOCn1ncc2c(Cl)nccc21.Cc1cc(N)nc(C)c1CNC(=O)c1nn(Cc2ccc3ncc(Cl)cc3c2)c2ccnc(C#N)c12.Clc1nccc2[nH]ncc12. The molecule has 0 radical (unpaired) electrons. The molecular weight excluding hydrogens is 891 g/mol. The summed E-state index contributed by atoms with van der Waals surface area (Å²) in [6, 6.07) is 18.2. The van der Waals surface area contributed by atoms with E-state index in [1.807, 2.05) is 54.9 Å². The van der Waals surface area contributed by atoms with Gasteiger partial charge in [0.15, 0.2) is 11.4 Å². The number of H-pyrrole nitrogens is 1. The minimum absolute atomic E-state index is 0.138. The third-order valence-corrected chi connectivity index (χ3v) is 12.6. The number of pyridine rings is 5. The number of hydrogen-bond acceptors (Lipinski definition) is 12. The zero-order valence-corrected chi connectivity index (χ0v) is 38.8. The third-order valence-electron chi connectivity index (χ3n) is 10.1. The molecule has 0 bridgehead atoms. The van der Waals surface area contributed by atoms with E-state index in [9.17, 15) is 10.1 Å². The largest absolute Gasteiger partial charge is 0.384 e. The molecule has 8 heterocycles. The predicted octanol–water partition coefficient (Wildman–Crippen LogP) is 9.09. The number of nitrogens with two attached hydrogens (primary N) is 1. The summed E-state index contributed by atoms with van der Waals surface area (Å²) in [6.07, 6.45) is 9.86. The van der Waals surface area contributed by atoms with Gasteiger partial charge in [0.05, 0.1) is 62.2 Å². The second kappa shape index (κ2) is 19.9. The number of benzene rings is 1. The van der Waals surface area contributed by atoms with Crippen molar-refractivity contribution in [2.24, 2.45) is 0 Å². The molecule has 0 saturated carbocycles. The molecule has 0 aliphatic rings. The van der Waals surface area contributed by atoms with Gasteiger partial charge in [-0.2, -0.15) is 20.6 Å². The Morgan fingerprint density at radius 2 is 1.66 bits per heavy atom. The average molecular weight is 934 g/mol. The van der Waals surface area contributed by atoms with Crippen LogP contribution < -0.4 is 11.1 Å². The molecule has 0 unspecified atom stereocenters. The molecule has 9 rings (SSSR count). The number of nitrogens with zero attached hydrogens (tertiary/aromatic N) is 11. The maximum absolute atomic E-state index is 13.3. The minimum Gasteiger partial charge on any atom is -0.384 e. The third kappa shape index (κ3) is 10.8. The lowest BCUT2D eigenvalue weighted by atomic mass is 10.1. The second-order valence-corrected chi connectivity index (χ2v) is 22.7. The standard InChI is InChI=1S/C26H21ClN8O.C12H18ClN3OSi.C6H4ClN3/c1-14-7-23(29)33-15(2)19(14)12-32-26(36)25-24-21(10-28)30-6-5-22(24)35(34-25)13-16-3-4-20-17(8-16)9-18(27)11-31-20;1-18(2,3)7-6-17-9-16-11-4-5-14-12(13)10(11)8-15-16;7-6-4-3-9-10-5(4)1-2-8-6/h3-9,11H,12-13H2,1-2H3,(H2,29,33)(H,32,36);4-5,8H,6-7,9H2,1-3H3;1-3H,(H,9,10). The number of aryl methyl sites for hydroxylation is 2. The number of aromatic nitrogens is 11. The van der Waals surface area contributed by atoms with Gasteiger partial charge in [-0.05, 0) is 79.0 Å². The summed E-state index contributed by atoms with van der Waals surface area (Å²) in [5.41, 5.74) is 12.9. The lowest BCUT2D eigenvalue weighted by Gasteiger charge is -2.15. The van der Waals surface area contributed by atoms with Crippen LogP contribution in [-0.4, -0.2) is 75.3 Å². The van der Waals surface area contributed by atoms with E-state index in [0.29, 0.717) is 45.3 Å². The van der Waals surface area contributed by atoms with Crippen LogP contribution in [0.3, 0.4) is 0 Å². The van der Waals surface area contributed by atoms with Gasteiger partial charge in [-0.3, -0.25) is 19.6 Å². The van der Waals surface area contributed by atoms with Gasteiger partial charge in [-0.25, -0.2) is 24.6 Å². The van der Waals surface area contributed by atoms with Crippen molar-refractivity contribution in [2.45, 2.75) is 59.4 Å². The lowest BCUT2D eigenvalue weighted by Crippen LogP contribution is -2.25. The lowest BCUT2D eigenvalue weighted by molar-refractivity contribution is 0.0817. The summed E-state index contributed by atoms with van der Waals surface area (Å²) in [7, 11) is -1.03. The Labute approximate surface area is 383 Å². The number of halogens is 3. The Morgan fingerprint density at radius 1 is 0.906 bits per heavy atom. The van der Waals surface area contributed by atoms with Gasteiger partial charge in [0.2, 0.25) is 0 Å². The molecule has 1 amide bonds. The van der Waals surface area contributed by atoms with Gasteiger partial charge in [0, 0.05) is 57.1 Å². The molecule has 64 heavy (non-hydrogen) atoms. The fourth-order valence-electron chi connectivity index (χ4n) is 6.76. The molecule has 9 aromatic rings. The highest BCUT2D eigenvalue weighted by Gasteiger charge is 2.22. The van der Waals surface area contributed by atoms with Crippen molar-refractivity contribution in [3.05, 3.63) is 135 Å². The van der Waals surface area contributed by atoms with Gasteiger partial charge in [-0.1, -0.05) is 60.5 Å². The van der Waals surface area contributed by atoms with Gasteiger partial charge in [0.1, 0.15) is 28.9 Å². The van der Waals surface area contributed by atoms with Crippen molar-refractivity contribution in [2.75, 3.05) is 12.3 Å². The van der Waals surface area contributed by atoms with Crippen molar-refractivity contribution in [3.8, 4) is 6.07 Å². The molecule has 0 fully saturated rings. The number of carbonyl (C=O) groups is 1. The van der Waals surface area contributed by atoms with E-state index in [0.717, 1.165) is 67.7 Å². The van der Waals surface area contributed by atoms with Crippen LogP contribution in [0.2, 0.25) is 41.0 Å². The Hall–Kier alpha value is -6.55. The van der Waals surface area contributed by atoms with E-state index in [2.05, 4.69) is 76.3 Å². The van der Waals surface area contributed by atoms with E-state index in [1.165, 1.54) is 6.20 Å². The Balaban J connectivity index is 0.000000179. The zero-order chi connectivity index (χ0) is 45.5. The number of hydrogen-bond donors (Lipinski definition) is 3. The number of fused-ring (bicyclic) bond motifs is 4. The topological polar surface area (TPSA) is 217 Å². The first kappa shape index (κ1) is 45.5. The monoisotopic (exact) mass is 932 g/mol. The van der Waals surface area contributed by atoms with E-state index in [-0.39, 0.29) is 17.9 Å². The smallest absolute Gasteiger partial charge is 0.272 e.